The first-order valence-electron chi connectivity index (χ1n) is 3.76. The number of thioether (sulfide) groups is 1. The van der Waals surface area contributed by atoms with Gasteiger partial charge in [-0.1, -0.05) is 13.5 Å². The van der Waals surface area contributed by atoms with Crippen molar-refractivity contribution in [3.05, 3.63) is 12.2 Å². The van der Waals surface area contributed by atoms with Gasteiger partial charge in [-0.05, 0) is 18.2 Å². The van der Waals surface area contributed by atoms with Crippen molar-refractivity contribution in [2.75, 3.05) is 18.1 Å². The Hall–Kier alpha value is -0.480. The monoisotopic (exact) mass is 189 g/mol. The molecule has 0 aliphatic carbocycles. The van der Waals surface area contributed by atoms with Crippen LogP contribution in [0.2, 0.25) is 0 Å². The smallest absolute Gasteiger partial charge is 0.331 e. The van der Waals surface area contributed by atoms with Crippen LogP contribution >= 0.6 is 11.8 Å². The molecule has 0 aromatic rings. The fourth-order valence-corrected chi connectivity index (χ4v) is 1.54. The van der Waals surface area contributed by atoms with Crippen molar-refractivity contribution in [2.45, 2.75) is 6.92 Å². The number of rotatable bonds is 6. The van der Waals surface area contributed by atoms with Crippen molar-refractivity contribution in [1.29, 1.82) is 0 Å². The Bertz CT molecular complexity index is 170. The van der Waals surface area contributed by atoms with Gasteiger partial charge in [-0.15, -0.1) is 0 Å². The molecule has 0 rings (SSSR count). The highest BCUT2D eigenvalue weighted by molar-refractivity contribution is 7.99. The molecule has 3 N–H and O–H groups in total. The second kappa shape index (κ2) is 6.08. The van der Waals surface area contributed by atoms with Crippen molar-refractivity contribution in [2.24, 2.45) is 11.7 Å². The number of carbonyl (C=O) groups is 1. The molecule has 0 aromatic carbocycles. The highest BCUT2D eigenvalue weighted by Crippen LogP contribution is 2.10. The summed E-state index contributed by atoms with van der Waals surface area (Å²) in [7, 11) is 0. The number of carboxylic acid groups (broad SMARTS) is 1. The van der Waals surface area contributed by atoms with E-state index in [-0.39, 0.29) is 5.57 Å². The lowest BCUT2D eigenvalue weighted by Crippen LogP contribution is -2.13. The standard InChI is InChI=1S/C8H15NO2S/c1-6(3-9)4-12-5-7(2)8(10)11/h6H,2-5,9H2,1H3,(H,10,11). The summed E-state index contributed by atoms with van der Waals surface area (Å²) in [5.74, 6) is 0.905. The quantitative estimate of drug-likeness (QED) is 0.611. The lowest BCUT2D eigenvalue weighted by molar-refractivity contribution is -0.132. The third-order valence-corrected chi connectivity index (χ3v) is 2.74. The average molecular weight is 189 g/mol. The summed E-state index contributed by atoms with van der Waals surface area (Å²) in [5.41, 5.74) is 5.65. The van der Waals surface area contributed by atoms with Gasteiger partial charge in [0, 0.05) is 11.3 Å². The molecule has 70 valence electrons. The lowest BCUT2D eigenvalue weighted by atomic mass is 10.2. The SMILES string of the molecule is C=C(CSCC(C)CN)C(=O)O. The van der Waals surface area contributed by atoms with Crippen molar-refractivity contribution < 1.29 is 9.90 Å². The Balaban J connectivity index is 3.44. The van der Waals surface area contributed by atoms with E-state index >= 15 is 0 Å². The normalized spacial score (nSPS) is 12.5. The molecule has 0 radical (unpaired) electrons. The molecule has 1 unspecified atom stereocenters. The molecule has 0 saturated carbocycles. The second-order valence-corrected chi connectivity index (χ2v) is 3.79. The van der Waals surface area contributed by atoms with Gasteiger partial charge in [-0.25, -0.2) is 4.79 Å². The van der Waals surface area contributed by atoms with E-state index in [9.17, 15) is 4.79 Å². The van der Waals surface area contributed by atoms with Crippen molar-refractivity contribution in [1.82, 2.24) is 0 Å². The van der Waals surface area contributed by atoms with E-state index in [1.807, 2.05) is 6.92 Å². The van der Waals surface area contributed by atoms with Crippen molar-refractivity contribution >= 4 is 17.7 Å². The molecule has 0 aliphatic rings. The third kappa shape index (κ3) is 5.21. The maximum absolute atomic E-state index is 10.3. The average Bonchev–Trinajstić information content (AvgIpc) is 2.03. The summed E-state index contributed by atoms with van der Waals surface area (Å²) >= 11 is 1.56. The van der Waals surface area contributed by atoms with Gasteiger partial charge in [-0.2, -0.15) is 11.8 Å². The zero-order chi connectivity index (χ0) is 9.56. The highest BCUT2D eigenvalue weighted by atomic mass is 32.2. The first kappa shape index (κ1) is 11.5. The summed E-state index contributed by atoms with van der Waals surface area (Å²) in [5, 5.41) is 8.47. The van der Waals surface area contributed by atoms with E-state index in [0.717, 1.165) is 5.75 Å². The van der Waals surface area contributed by atoms with Crippen LogP contribution in [-0.2, 0) is 4.79 Å². The number of aliphatic carboxylic acids is 1. The fraction of sp³-hybridized carbons (Fsp3) is 0.625. The van der Waals surface area contributed by atoms with Crippen LogP contribution in [0.4, 0.5) is 0 Å². The molecule has 0 saturated heterocycles. The summed E-state index contributed by atoms with van der Waals surface area (Å²) in [4.78, 5) is 10.3. The largest absolute Gasteiger partial charge is 0.478 e. The van der Waals surface area contributed by atoms with E-state index in [0.29, 0.717) is 18.2 Å². The molecule has 12 heavy (non-hydrogen) atoms. The molecular formula is C8H15NO2S. The van der Waals surface area contributed by atoms with E-state index in [2.05, 4.69) is 6.58 Å². The highest BCUT2D eigenvalue weighted by Gasteiger charge is 2.05. The number of hydrogen-bond donors (Lipinski definition) is 2. The Labute approximate surface area is 77.0 Å². The minimum Gasteiger partial charge on any atom is -0.478 e. The molecule has 0 fully saturated rings. The first-order chi connectivity index (χ1) is 5.57. The van der Waals surface area contributed by atoms with Gasteiger partial charge in [0.1, 0.15) is 0 Å². The number of hydrogen-bond acceptors (Lipinski definition) is 3. The van der Waals surface area contributed by atoms with Crippen LogP contribution < -0.4 is 5.73 Å². The molecule has 0 aromatic heterocycles. The Morgan fingerprint density at radius 2 is 2.33 bits per heavy atom. The molecule has 1 atom stereocenters. The zero-order valence-electron chi connectivity index (χ0n) is 7.25. The topological polar surface area (TPSA) is 63.3 Å². The maximum atomic E-state index is 10.3. The van der Waals surface area contributed by atoms with Crippen LogP contribution in [0.15, 0.2) is 12.2 Å². The van der Waals surface area contributed by atoms with E-state index < -0.39 is 5.97 Å². The molecule has 3 nitrogen and oxygen atoms in total. The van der Waals surface area contributed by atoms with Gasteiger partial charge in [-0.3, -0.25) is 0 Å². The van der Waals surface area contributed by atoms with Gasteiger partial charge < -0.3 is 10.8 Å². The number of carboxylic acids is 1. The minimum atomic E-state index is -0.914. The van der Waals surface area contributed by atoms with Crippen LogP contribution in [0, 0.1) is 5.92 Å². The van der Waals surface area contributed by atoms with Crippen LogP contribution in [0.3, 0.4) is 0 Å². The molecule has 0 spiro atoms. The van der Waals surface area contributed by atoms with Gasteiger partial charge in [0.25, 0.3) is 0 Å². The van der Waals surface area contributed by atoms with Gasteiger partial charge in [0.15, 0.2) is 0 Å². The Morgan fingerprint density at radius 1 is 1.75 bits per heavy atom. The Kier molecular flexibility index (Phi) is 5.84. The maximum Gasteiger partial charge on any atom is 0.331 e. The van der Waals surface area contributed by atoms with Gasteiger partial charge >= 0.3 is 5.97 Å². The summed E-state index contributed by atoms with van der Waals surface area (Å²) in [6, 6.07) is 0. The van der Waals surface area contributed by atoms with E-state index in [4.69, 9.17) is 10.8 Å². The summed E-state index contributed by atoms with van der Waals surface area (Å²) in [6.07, 6.45) is 0. The van der Waals surface area contributed by atoms with Gasteiger partial charge in [0.2, 0.25) is 0 Å². The van der Waals surface area contributed by atoms with E-state index in [1.165, 1.54) is 0 Å². The molecule has 0 aliphatic heterocycles. The van der Waals surface area contributed by atoms with Crippen molar-refractivity contribution in [3.63, 3.8) is 0 Å². The van der Waals surface area contributed by atoms with Crippen molar-refractivity contribution in [3.8, 4) is 0 Å². The van der Waals surface area contributed by atoms with Crippen LogP contribution in [0.25, 0.3) is 0 Å². The van der Waals surface area contributed by atoms with Crippen LogP contribution in [-0.4, -0.2) is 29.1 Å². The number of nitrogens with two attached hydrogens (primary N) is 1. The van der Waals surface area contributed by atoms with Gasteiger partial charge in [0.05, 0.1) is 0 Å². The molecule has 4 heteroatoms. The predicted molar refractivity (Wildman–Crippen MR) is 52.3 cm³/mol. The predicted octanol–water partition coefficient (Wildman–Crippen LogP) is 0.955. The van der Waals surface area contributed by atoms with Crippen LogP contribution in [0.5, 0.6) is 0 Å². The first-order valence-corrected chi connectivity index (χ1v) is 4.92. The van der Waals surface area contributed by atoms with Crippen LogP contribution in [0.1, 0.15) is 6.92 Å². The summed E-state index contributed by atoms with van der Waals surface area (Å²) in [6.45, 7) is 6.11. The molecule has 0 amide bonds. The zero-order valence-corrected chi connectivity index (χ0v) is 8.06. The molecular weight excluding hydrogens is 174 g/mol. The Morgan fingerprint density at radius 3 is 2.75 bits per heavy atom. The third-order valence-electron chi connectivity index (χ3n) is 1.38. The molecule has 0 bridgehead atoms. The lowest BCUT2D eigenvalue weighted by Gasteiger charge is -2.06. The second-order valence-electron chi connectivity index (χ2n) is 2.76. The molecule has 0 heterocycles. The minimum absolute atomic E-state index is 0.254. The fourth-order valence-electron chi connectivity index (χ4n) is 0.513. The van der Waals surface area contributed by atoms with E-state index in [1.54, 1.807) is 11.8 Å². The summed E-state index contributed by atoms with van der Waals surface area (Å²) < 4.78 is 0.